The number of carbonyl (C=O) groups excluding carboxylic acids is 1. The number of nitrogens with one attached hydrogen (secondary N) is 1. The lowest BCUT2D eigenvalue weighted by Gasteiger charge is -2.28. The molecule has 1 N–H and O–H groups in total. The van der Waals surface area contributed by atoms with E-state index in [-0.39, 0.29) is 5.91 Å². The van der Waals surface area contributed by atoms with Crippen molar-refractivity contribution in [3.05, 3.63) is 48.2 Å². The highest BCUT2D eigenvalue weighted by atomic mass is 16.5. The number of amides is 1. The highest BCUT2D eigenvalue weighted by Crippen LogP contribution is 2.19. The molecule has 0 saturated carbocycles. The van der Waals surface area contributed by atoms with Gasteiger partial charge in [-0.2, -0.15) is 0 Å². The minimum Gasteiger partial charge on any atom is -0.378 e. The van der Waals surface area contributed by atoms with E-state index in [1.54, 1.807) is 6.20 Å². The van der Waals surface area contributed by atoms with Crippen LogP contribution in [0.2, 0.25) is 0 Å². The van der Waals surface area contributed by atoms with Gasteiger partial charge in [-0.1, -0.05) is 0 Å². The van der Waals surface area contributed by atoms with E-state index in [0.29, 0.717) is 17.4 Å². The van der Waals surface area contributed by atoms with Crippen LogP contribution in [0, 0.1) is 0 Å². The Bertz CT molecular complexity index is 738. The lowest BCUT2D eigenvalue weighted by atomic mass is 10.1. The number of aromatic nitrogens is 1. The van der Waals surface area contributed by atoms with Crippen molar-refractivity contribution in [2.45, 2.75) is 26.8 Å². The number of anilines is 3. The summed E-state index contributed by atoms with van der Waals surface area (Å²) in [5.74, 6) is 0.402. The standard InChI is InChI=1S/C21H28N4O2/c1-4-25(16(2)3)18-7-5-17(6-8-18)21(26)23-20-10-9-19(15-22-20)24-11-13-27-14-12-24/h5-10,15-16H,4,11-14H2,1-3H3,(H,22,23,26). The van der Waals surface area contributed by atoms with Gasteiger partial charge >= 0.3 is 0 Å². The Labute approximate surface area is 161 Å². The summed E-state index contributed by atoms with van der Waals surface area (Å²) in [5.41, 5.74) is 2.80. The molecule has 1 aliphatic rings. The van der Waals surface area contributed by atoms with Crippen molar-refractivity contribution in [3.63, 3.8) is 0 Å². The van der Waals surface area contributed by atoms with Crippen molar-refractivity contribution in [2.75, 3.05) is 48.0 Å². The number of pyridine rings is 1. The van der Waals surface area contributed by atoms with Crippen LogP contribution in [0.15, 0.2) is 42.6 Å². The summed E-state index contributed by atoms with van der Waals surface area (Å²) in [6, 6.07) is 12.0. The molecule has 1 aliphatic heterocycles. The molecule has 27 heavy (non-hydrogen) atoms. The maximum absolute atomic E-state index is 12.5. The molecule has 0 atom stereocenters. The zero-order valence-electron chi connectivity index (χ0n) is 16.3. The molecule has 0 unspecified atom stereocenters. The fourth-order valence-electron chi connectivity index (χ4n) is 3.31. The van der Waals surface area contributed by atoms with Crippen LogP contribution in [-0.4, -0.2) is 49.8 Å². The molecule has 2 aromatic rings. The Morgan fingerprint density at radius 1 is 1.19 bits per heavy atom. The topological polar surface area (TPSA) is 57.7 Å². The van der Waals surface area contributed by atoms with Crippen molar-refractivity contribution < 1.29 is 9.53 Å². The van der Waals surface area contributed by atoms with Gasteiger partial charge in [0, 0.05) is 36.9 Å². The van der Waals surface area contributed by atoms with Crippen LogP contribution in [0.5, 0.6) is 0 Å². The number of carbonyl (C=O) groups is 1. The lowest BCUT2D eigenvalue weighted by Crippen LogP contribution is -2.36. The third kappa shape index (κ3) is 4.77. The maximum atomic E-state index is 12.5. The Hall–Kier alpha value is -2.60. The molecule has 3 rings (SSSR count). The van der Waals surface area contributed by atoms with Crippen molar-refractivity contribution in [1.29, 1.82) is 0 Å². The zero-order valence-corrected chi connectivity index (χ0v) is 16.3. The Balaban J connectivity index is 1.63. The predicted octanol–water partition coefficient (Wildman–Crippen LogP) is 3.41. The van der Waals surface area contributed by atoms with Crippen molar-refractivity contribution in [3.8, 4) is 0 Å². The summed E-state index contributed by atoms with van der Waals surface area (Å²) in [6.07, 6.45) is 1.80. The number of nitrogens with zero attached hydrogens (tertiary/aromatic N) is 3. The molecule has 144 valence electrons. The van der Waals surface area contributed by atoms with Gasteiger partial charge in [0.1, 0.15) is 5.82 Å². The molecule has 0 bridgehead atoms. The van der Waals surface area contributed by atoms with E-state index in [1.165, 1.54) is 0 Å². The fourth-order valence-corrected chi connectivity index (χ4v) is 3.31. The van der Waals surface area contributed by atoms with E-state index in [2.05, 4.69) is 40.9 Å². The average molecular weight is 368 g/mol. The van der Waals surface area contributed by atoms with E-state index in [0.717, 1.165) is 44.2 Å². The van der Waals surface area contributed by atoms with Gasteiger partial charge in [0.25, 0.3) is 5.91 Å². The summed E-state index contributed by atoms with van der Waals surface area (Å²) < 4.78 is 5.37. The van der Waals surface area contributed by atoms with Crippen LogP contribution in [0.1, 0.15) is 31.1 Å². The predicted molar refractivity (Wildman–Crippen MR) is 110 cm³/mol. The summed E-state index contributed by atoms with van der Waals surface area (Å²) in [5, 5.41) is 2.87. The summed E-state index contributed by atoms with van der Waals surface area (Å²) in [7, 11) is 0. The third-order valence-electron chi connectivity index (χ3n) is 4.79. The van der Waals surface area contributed by atoms with Gasteiger partial charge in [-0.3, -0.25) is 4.79 Å². The Morgan fingerprint density at radius 3 is 2.44 bits per heavy atom. The molecule has 0 radical (unpaired) electrons. The van der Waals surface area contributed by atoms with Crippen LogP contribution < -0.4 is 15.1 Å². The molecule has 1 aromatic carbocycles. The van der Waals surface area contributed by atoms with E-state index < -0.39 is 0 Å². The molecule has 1 amide bonds. The second-order valence-electron chi connectivity index (χ2n) is 6.88. The SMILES string of the molecule is CCN(c1ccc(C(=O)Nc2ccc(N3CCOCC3)cn2)cc1)C(C)C. The normalized spacial score (nSPS) is 14.3. The quantitative estimate of drug-likeness (QED) is 0.847. The molecule has 6 nitrogen and oxygen atoms in total. The van der Waals surface area contributed by atoms with E-state index in [4.69, 9.17) is 4.74 Å². The van der Waals surface area contributed by atoms with Crippen LogP contribution in [0.3, 0.4) is 0 Å². The van der Waals surface area contributed by atoms with Crippen LogP contribution >= 0.6 is 0 Å². The molecule has 1 saturated heterocycles. The van der Waals surface area contributed by atoms with Crippen LogP contribution in [0.4, 0.5) is 17.2 Å². The number of hydrogen-bond acceptors (Lipinski definition) is 5. The highest BCUT2D eigenvalue weighted by molar-refractivity contribution is 6.04. The first-order valence-corrected chi connectivity index (χ1v) is 9.55. The third-order valence-corrected chi connectivity index (χ3v) is 4.79. The van der Waals surface area contributed by atoms with Gasteiger partial charge in [-0.15, -0.1) is 0 Å². The monoisotopic (exact) mass is 368 g/mol. The van der Waals surface area contributed by atoms with Crippen LogP contribution in [0.25, 0.3) is 0 Å². The first-order valence-electron chi connectivity index (χ1n) is 9.55. The van der Waals surface area contributed by atoms with Crippen molar-refractivity contribution in [2.24, 2.45) is 0 Å². The maximum Gasteiger partial charge on any atom is 0.256 e. The molecular weight excluding hydrogens is 340 g/mol. The van der Waals surface area contributed by atoms with Gasteiger partial charge in [-0.05, 0) is 57.2 Å². The molecule has 1 fully saturated rings. The lowest BCUT2D eigenvalue weighted by molar-refractivity contribution is 0.102. The minimum atomic E-state index is -0.152. The van der Waals surface area contributed by atoms with Gasteiger partial charge in [0.05, 0.1) is 25.1 Å². The smallest absolute Gasteiger partial charge is 0.256 e. The second-order valence-corrected chi connectivity index (χ2v) is 6.88. The molecular formula is C21H28N4O2. The first-order chi connectivity index (χ1) is 13.1. The summed E-state index contributed by atoms with van der Waals surface area (Å²) >= 11 is 0. The second kappa shape index (κ2) is 8.86. The largest absolute Gasteiger partial charge is 0.378 e. The zero-order chi connectivity index (χ0) is 19.2. The van der Waals surface area contributed by atoms with E-state index >= 15 is 0 Å². The van der Waals surface area contributed by atoms with Crippen molar-refractivity contribution in [1.82, 2.24) is 4.98 Å². The molecule has 2 heterocycles. The number of benzene rings is 1. The molecule has 0 aliphatic carbocycles. The fraction of sp³-hybridized carbons (Fsp3) is 0.429. The summed E-state index contributed by atoms with van der Waals surface area (Å²) in [4.78, 5) is 21.4. The van der Waals surface area contributed by atoms with E-state index in [9.17, 15) is 4.79 Å². The number of morpholine rings is 1. The Kier molecular flexibility index (Phi) is 6.29. The molecule has 1 aromatic heterocycles. The van der Waals surface area contributed by atoms with Gasteiger partial charge in [-0.25, -0.2) is 4.98 Å². The average Bonchev–Trinajstić information content (AvgIpc) is 2.70. The summed E-state index contributed by atoms with van der Waals surface area (Å²) in [6.45, 7) is 10.6. The van der Waals surface area contributed by atoms with Gasteiger partial charge < -0.3 is 19.9 Å². The molecule has 0 spiro atoms. The minimum absolute atomic E-state index is 0.152. The Morgan fingerprint density at radius 2 is 1.89 bits per heavy atom. The molecule has 6 heteroatoms. The van der Waals surface area contributed by atoms with Gasteiger partial charge in [0.2, 0.25) is 0 Å². The van der Waals surface area contributed by atoms with Gasteiger partial charge in [0.15, 0.2) is 0 Å². The van der Waals surface area contributed by atoms with Crippen LogP contribution in [-0.2, 0) is 4.74 Å². The van der Waals surface area contributed by atoms with Crippen molar-refractivity contribution >= 4 is 23.1 Å². The first kappa shape index (κ1) is 19.2. The number of ether oxygens (including phenoxy) is 1. The highest BCUT2D eigenvalue weighted by Gasteiger charge is 2.13. The number of rotatable bonds is 6. The number of hydrogen-bond donors (Lipinski definition) is 1. The van der Waals surface area contributed by atoms with E-state index in [1.807, 2.05) is 36.4 Å².